The summed E-state index contributed by atoms with van der Waals surface area (Å²) in [5, 5.41) is 5.83. The molecule has 0 saturated heterocycles. The fraction of sp³-hybridized carbons (Fsp3) is 0.385. The number of halogens is 2. The number of carbonyl (C=O) groups is 2. The zero-order valence-corrected chi connectivity index (χ0v) is 13.4. The number of rotatable bonds is 6. The summed E-state index contributed by atoms with van der Waals surface area (Å²) in [4.78, 5) is 23.6. The molecule has 3 amide bonds. The third-order valence-electron chi connectivity index (χ3n) is 2.34. The average Bonchev–Trinajstić information content (AvgIpc) is 2.38. The number of amides is 3. The summed E-state index contributed by atoms with van der Waals surface area (Å²) in [5.41, 5.74) is 0. The highest BCUT2D eigenvalue weighted by Crippen LogP contribution is 2.33. The largest absolute Gasteiger partial charge is 0.338 e. The number of unbranched alkanes of at least 4 members (excludes halogenated alkanes) is 1. The van der Waals surface area contributed by atoms with Crippen LogP contribution >= 0.6 is 35.0 Å². The van der Waals surface area contributed by atoms with E-state index in [9.17, 15) is 9.59 Å². The van der Waals surface area contributed by atoms with E-state index >= 15 is 0 Å². The topological polar surface area (TPSA) is 58.2 Å². The Morgan fingerprint density at radius 3 is 2.50 bits per heavy atom. The maximum atomic E-state index is 11.6. The lowest BCUT2D eigenvalue weighted by molar-refractivity contribution is -0.117. The van der Waals surface area contributed by atoms with Crippen LogP contribution in [0.2, 0.25) is 10.0 Å². The Labute approximate surface area is 132 Å². The van der Waals surface area contributed by atoms with Gasteiger partial charge in [0.05, 0.1) is 15.8 Å². The third-order valence-corrected chi connectivity index (χ3v) is 4.32. The predicted molar refractivity (Wildman–Crippen MR) is 83.6 cm³/mol. The van der Waals surface area contributed by atoms with Gasteiger partial charge in [-0.25, -0.2) is 4.79 Å². The Morgan fingerprint density at radius 2 is 1.90 bits per heavy atom. The molecule has 1 aromatic carbocycles. The molecule has 1 aromatic rings. The molecule has 0 unspecified atom stereocenters. The minimum Gasteiger partial charge on any atom is -0.338 e. The van der Waals surface area contributed by atoms with Crippen LogP contribution in [0.4, 0.5) is 4.79 Å². The molecule has 0 aliphatic rings. The summed E-state index contributed by atoms with van der Waals surface area (Å²) < 4.78 is 0. The first kappa shape index (κ1) is 17.1. The van der Waals surface area contributed by atoms with Gasteiger partial charge in [-0.3, -0.25) is 10.1 Å². The lowest BCUT2D eigenvalue weighted by Crippen LogP contribution is -2.40. The maximum Gasteiger partial charge on any atom is 0.321 e. The normalized spacial score (nSPS) is 10.2. The minimum absolute atomic E-state index is 0.0741. The standard InChI is InChI=1S/C13H16Cl2N2O2S/c1-2-3-7-16-13(19)17-11(18)8-20-12-9(14)5-4-6-10(12)15/h4-6H,2-3,7-8H2,1H3,(H2,16,17,18,19). The van der Waals surface area contributed by atoms with Crippen LogP contribution in [0.15, 0.2) is 23.1 Å². The second-order valence-corrected chi connectivity index (χ2v) is 5.80. The van der Waals surface area contributed by atoms with Crippen molar-refractivity contribution >= 4 is 46.9 Å². The highest BCUT2D eigenvalue weighted by atomic mass is 35.5. The molecule has 1 rings (SSSR count). The Morgan fingerprint density at radius 1 is 1.25 bits per heavy atom. The van der Waals surface area contributed by atoms with E-state index in [1.54, 1.807) is 18.2 Å². The van der Waals surface area contributed by atoms with Gasteiger partial charge < -0.3 is 5.32 Å². The molecule has 0 bridgehead atoms. The van der Waals surface area contributed by atoms with Crippen molar-refractivity contribution in [1.82, 2.24) is 10.6 Å². The predicted octanol–water partition coefficient (Wildman–Crippen LogP) is 3.71. The molecule has 20 heavy (non-hydrogen) atoms. The van der Waals surface area contributed by atoms with E-state index in [0.29, 0.717) is 21.5 Å². The van der Waals surface area contributed by atoms with E-state index in [4.69, 9.17) is 23.2 Å². The quantitative estimate of drug-likeness (QED) is 0.615. The molecule has 0 fully saturated rings. The second kappa shape index (κ2) is 9.10. The van der Waals surface area contributed by atoms with E-state index in [-0.39, 0.29) is 11.7 Å². The summed E-state index contributed by atoms with van der Waals surface area (Å²) >= 11 is 13.2. The van der Waals surface area contributed by atoms with Crippen LogP contribution in [-0.4, -0.2) is 24.2 Å². The second-order valence-electron chi connectivity index (χ2n) is 4.00. The fourth-order valence-corrected chi connectivity index (χ4v) is 2.83. The van der Waals surface area contributed by atoms with Crippen LogP contribution in [0.25, 0.3) is 0 Å². The number of thioether (sulfide) groups is 1. The molecule has 0 heterocycles. The molecular weight excluding hydrogens is 319 g/mol. The monoisotopic (exact) mass is 334 g/mol. The Hall–Kier alpha value is -0.910. The lowest BCUT2D eigenvalue weighted by Gasteiger charge is -2.07. The van der Waals surface area contributed by atoms with Gasteiger partial charge in [0.15, 0.2) is 0 Å². The molecular formula is C13H16Cl2N2O2S. The SMILES string of the molecule is CCCCNC(=O)NC(=O)CSc1c(Cl)cccc1Cl. The molecule has 0 spiro atoms. The molecule has 0 aromatic heterocycles. The van der Waals surface area contributed by atoms with Gasteiger partial charge in [-0.2, -0.15) is 0 Å². The smallest absolute Gasteiger partial charge is 0.321 e. The summed E-state index contributed by atoms with van der Waals surface area (Å²) in [6.07, 6.45) is 1.86. The van der Waals surface area contributed by atoms with Crippen molar-refractivity contribution in [3.05, 3.63) is 28.2 Å². The van der Waals surface area contributed by atoms with Gasteiger partial charge >= 0.3 is 6.03 Å². The van der Waals surface area contributed by atoms with Crippen molar-refractivity contribution in [2.24, 2.45) is 0 Å². The minimum atomic E-state index is -0.477. The van der Waals surface area contributed by atoms with Crippen molar-refractivity contribution < 1.29 is 9.59 Å². The number of benzene rings is 1. The van der Waals surface area contributed by atoms with E-state index in [0.717, 1.165) is 12.8 Å². The third kappa shape index (κ3) is 6.03. The fourth-order valence-electron chi connectivity index (χ4n) is 1.34. The van der Waals surface area contributed by atoms with Crippen molar-refractivity contribution in [2.75, 3.05) is 12.3 Å². The van der Waals surface area contributed by atoms with Gasteiger partial charge in [0.2, 0.25) is 5.91 Å². The summed E-state index contributed by atoms with van der Waals surface area (Å²) in [7, 11) is 0. The Bertz CT molecular complexity index is 463. The van der Waals surface area contributed by atoms with Gasteiger partial charge in [0.25, 0.3) is 0 Å². The van der Waals surface area contributed by atoms with Crippen LogP contribution in [0.5, 0.6) is 0 Å². The average molecular weight is 335 g/mol. The molecule has 0 atom stereocenters. The molecule has 2 N–H and O–H groups in total. The van der Waals surface area contributed by atoms with Gasteiger partial charge in [-0.1, -0.05) is 42.6 Å². The Kier molecular flexibility index (Phi) is 7.80. The number of carbonyl (C=O) groups excluding carboxylic acids is 2. The molecule has 0 aliphatic carbocycles. The molecule has 0 aliphatic heterocycles. The zero-order valence-electron chi connectivity index (χ0n) is 11.0. The number of hydrogen-bond donors (Lipinski definition) is 2. The molecule has 4 nitrogen and oxygen atoms in total. The van der Waals surface area contributed by atoms with Crippen molar-refractivity contribution in [3.63, 3.8) is 0 Å². The number of hydrogen-bond acceptors (Lipinski definition) is 3. The molecule has 0 radical (unpaired) electrons. The lowest BCUT2D eigenvalue weighted by atomic mass is 10.3. The van der Waals surface area contributed by atoms with E-state index in [2.05, 4.69) is 10.6 Å². The highest BCUT2D eigenvalue weighted by Gasteiger charge is 2.11. The number of imide groups is 1. The first-order valence-corrected chi connectivity index (χ1v) is 7.93. The van der Waals surface area contributed by atoms with Crippen molar-refractivity contribution in [1.29, 1.82) is 0 Å². The van der Waals surface area contributed by atoms with E-state index < -0.39 is 6.03 Å². The summed E-state index contributed by atoms with van der Waals surface area (Å²) in [5.74, 6) is -0.315. The zero-order chi connectivity index (χ0) is 15.0. The van der Waals surface area contributed by atoms with Crippen LogP contribution in [0, 0.1) is 0 Å². The summed E-state index contributed by atoms with van der Waals surface area (Å²) in [6.45, 7) is 2.58. The van der Waals surface area contributed by atoms with Gasteiger partial charge in [-0.05, 0) is 18.6 Å². The Balaban J connectivity index is 2.38. The van der Waals surface area contributed by atoms with Crippen LogP contribution in [-0.2, 0) is 4.79 Å². The van der Waals surface area contributed by atoms with Gasteiger partial charge in [0, 0.05) is 11.4 Å². The molecule has 110 valence electrons. The highest BCUT2D eigenvalue weighted by molar-refractivity contribution is 8.00. The van der Waals surface area contributed by atoms with Crippen LogP contribution in [0.1, 0.15) is 19.8 Å². The van der Waals surface area contributed by atoms with Crippen LogP contribution in [0.3, 0.4) is 0 Å². The summed E-state index contributed by atoms with van der Waals surface area (Å²) in [6, 6.07) is 4.65. The van der Waals surface area contributed by atoms with Crippen molar-refractivity contribution in [2.45, 2.75) is 24.7 Å². The van der Waals surface area contributed by atoms with Gasteiger partial charge in [-0.15, -0.1) is 11.8 Å². The number of urea groups is 1. The van der Waals surface area contributed by atoms with E-state index in [1.165, 1.54) is 11.8 Å². The first-order valence-electron chi connectivity index (χ1n) is 6.19. The maximum absolute atomic E-state index is 11.6. The molecule has 7 heteroatoms. The van der Waals surface area contributed by atoms with E-state index in [1.807, 2.05) is 6.92 Å². The van der Waals surface area contributed by atoms with Crippen molar-refractivity contribution in [3.8, 4) is 0 Å². The first-order chi connectivity index (χ1) is 9.54. The molecule has 0 saturated carbocycles. The van der Waals surface area contributed by atoms with Crippen LogP contribution < -0.4 is 10.6 Å². The van der Waals surface area contributed by atoms with Gasteiger partial charge in [0.1, 0.15) is 0 Å². The number of nitrogens with one attached hydrogen (secondary N) is 2.